The molecule has 0 atom stereocenters. The van der Waals surface area contributed by atoms with Crippen LogP contribution in [0.5, 0.6) is 11.5 Å². The number of nitrogens with two attached hydrogens (primary N) is 1. The summed E-state index contributed by atoms with van der Waals surface area (Å²) < 4.78 is 10.6. The molecule has 5 nitrogen and oxygen atoms in total. The van der Waals surface area contributed by atoms with E-state index < -0.39 is 0 Å². The van der Waals surface area contributed by atoms with Crippen molar-refractivity contribution in [2.75, 3.05) is 26.8 Å². The maximum Gasteiger partial charge on any atom is 0.188 e. The Bertz CT molecular complexity index is 369. The molecule has 0 aliphatic heterocycles. The van der Waals surface area contributed by atoms with Gasteiger partial charge in [0.2, 0.25) is 0 Å². The van der Waals surface area contributed by atoms with Gasteiger partial charge >= 0.3 is 0 Å². The average Bonchev–Trinajstić information content (AvgIpc) is 2.42. The molecule has 0 aromatic heterocycles. The number of ether oxygens (including phenoxy) is 2. The summed E-state index contributed by atoms with van der Waals surface area (Å²) >= 11 is 0. The first-order valence-corrected chi connectivity index (χ1v) is 6.07. The first-order valence-electron chi connectivity index (χ1n) is 6.07. The molecule has 0 aliphatic rings. The van der Waals surface area contributed by atoms with E-state index in [0.717, 1.165) is 24.5 Å². The zero-order valence-electron chi connectivity index (χ0n) is 11.4. The molecule has 0 amide bonds. The summed E-state index contributed by atoms with van der Waals surface area (Å²) in [6.07, 6.45) is 0.991. The maximum absolute atomic E-state index is 5.64. The zero-order valence-corrected chi connectivity index (χ0v) is 13.7. The molecule has 0 radical (unpaired) electrons. The lowest BCUT2D eigenvalue weighted by Gasteiger charge is -2.08. The summed E-state index contributed by atoms with van der Waals surface area (Å²) in [6.45, 7) is 3.97. The Morgan fingerprint density at radius 3 is 2.47 bits per heavy atom. The largest absolute Gasteiger partial charge is 0.497 e. The fourth-order valence-corrected chi connectivity index (χ4v) is 1.31. The smallest absolute Gasteiger partial charge is 0.188 e. The van der Waals surface area contributed by atoms with Crippen LogP contribution in [0.4, 0.5) is 0 Å². The van der Waals surface area contributed by atoms with Crippen molar-refractivity contribution in [3.63, 3.8) is 0 Å². The standard InChI is InChI=1S/C13H21N3O2.HI/c1-3-8-15-13(14)16-9-10-18-12-6-4-11(17-2)5-7-12;/h4-7H,3,8-10H2,1-2H3,(H3,14,15,16);1H. The fraction of sp³-hybridized carbons (Fsp3) is 0.462. The number of benzene rings is 1. The topological polar surface area (TPSA) is 68.9 Å². The van der Waals surface area contributed by atoms with Crippen LogP contribution in [0.2, 0.25) is 0 Å². The van der Waals surface area contributed by atoms with Gasteiger partial charge in [-0.15, -0.1) is 24.0 Å². The Hall–Kier alpha value is -1.18. The van der Waals surface area contributed by atoms with Gasteiger partial charge < -0.3 is 20.5 Å². The number of methoxy groups -OCH3 is 1. The van der Waals surface area contributed by atoms with Crippen LogP contribution < -0.4 is 20.5 Å². The SMILES string of the molecule is CCCN=C(N)NCCOc1ccc(OC)cc1.I. The van der Waals surface area contributed by atoms with Crippen LogP contribution in [-0.2, 0) is 0 Å². The molecule has 0 saturated heterocycles. The second-order valence-electron chi connectivity index (χ2n) is 3.72. The second kappa shape index (κ2) is 10.7. The Labute approximate surface area is 131 Å². The summed E-state index contributed by atoms with van der Waals surface area (Å²) in [6, 6.07) is 7.46. The summed E-state index contributed by atoms with van der Waals surface area (Å²) in [5.41, 5.74) is 5.64. The molecule has 0 heterocycles. The van der Waals surface area contributed by atoms with Crippen molar-refractivity contribution in [1.29, 1.82) is 0 Å². The van der Waals surface area contributed by atoms with E-state index >= 15 is 0 Å². The van der Waals surface area contributed by atoms with E-state index in [1.165, 1.54) is 0 Å². The lowest BCUT2D eigenvalue weighted by molar-refractivity contribution is 0.321. The molecule has 0 unspecified atom stereocenters. The first-order chi connectivity index (χ1) is 8.76. The molecular formula is C13H22IN3O2. The van der Waals surface area contributed by atoms with Crippen LogP contribution in [0.3, 0.4) is 0 Å². The molecule has 3 N–H and O–H groups in total. The van der Waals surface area contributed by atoms with Crippen molar-refractivity contribution in [2.24, 2.45) is 10.7 Å². The van der Waals surface area contributed by atoms with Crippen LogP contribution in [0.15, 0.2) is 29.3 Å². The van der Waals surface area contributed by atoms with E-state index in [1.54, 1.807) is 7.11 Å². The highest BCUT2D eigenvalue weighted by Gasteiger charge is 1.95. The molecule has 0 fully saturated rings. The van der Waals surface area contributed by atoms with Crippen LogP contribution in [-0.4, -0.2) is 32.8 Å². The minimum absolute atomic E-state index is 0. The highest BCUT2D eigenvalue weighted by molar-refractivity contribution is 14.0. The number of rotatable bonds is 7. The van der Waals surface area contributed by atoms with Crippen molar-refractivity contribution in [2.45, 2.75) is 13.3 Å². The van der Waals surface area contributed by atoms with Gasteiger partial charge in [-0.05, 0) is 30.7 Å². The minimum Gasteiger partial charge on any atom is -0.497 e. The molecule has 0 saturated carbocycles. The molecule has 0 bridgehead atoms. The summed E-state index contributed by atoms with van der Waals surface area (Å²) in [5.74, 6) is 2.09. The van der Waals surface area contributed by atoms with Crippen LogP contribution >= 0.6 is 24.0 Å². The highest BCUT2D eigenvalue weighted by atomic mass is 127. The molecule has 1 aromatic rings. The van der Waals surface area contributed by atoms with Gasteiger partial charge in [-0.25, -0.2) is 0 Å². The number of nitrogens with one attached hydrogen (secondary N) is 1. The lowest BCUT2D eigenvalue weighted by Crippen LogP contribution is -2.34. The van der Waals surface area contributed by atoms with Crippen molar-refractivity contribution >= 4 is 29.9 Å². The molecular weight excluding hydrogens is 357 g/mol. The number of aliphatic imine (C=N–C) groups is 1. The van der Waals surface area contributed by atoms with Crippen LogP contribution in [0.25, 0.3) is 0 Å². The molecule has 108 valence electrons. The Balaban J connectivity index is 0.00000324. The third kappa shape index (κ3) is 7.76. The fourth-order valence-electron chi connectivity index (χ4n) is 1.31. The predicted octanol–water partition coefficient (Wildman–Crippen LogP) is 2.01. The minimum atomic E-state index is 0. The van der Waals surface area contributed by atoms with Crippen LogP contribution in [0.1, 0.15) is 13.3 Å². The third-order valence-corrected chi connectivity index (χ3v) is 2.24. The van der Waals surface area contributed by atoms with Gasteiger partial charge in [-0.3, -0.25) is 4.99 Å². The van der Waals surface area contributed by atoms with E-state index in [1.807, 2.05) is 24.3 Å². The number of nitrogens with zero attached hydrogens (tertiary/aromatic N) is 1. The monoisotopic (exact) mass is 379 g/mol. The molecule has 0 spiro atoms. The average molecular weight is 379 g/mol. The van der Waals surface area contributed by atoms with Gasteiger partial charge in [-0.1, -0.05) is 6.92 Å². The van der Waals surface area contributed by atoms with Gasteiger partial charge in [0, 0.05) is 6.54 Å². The van der Waals surface area contributed by atoms with E-state index in [0.29, 0.717) is 19.1 Å². The van der Waals surface area contributed by atoms with Crippen molar-refractivity contribution in [3.05, 3.63) is 24.3 Å². The van der Waals surface area contributed by atoms with Gasteiger partial charge in [0.15, 0.2) is 5.96 Å². The van der Waals surface area contributed by atoms with E-state index in [2.05, 4.69) is 17.2 Å². The molecule has 0 aliphatic carbocycles. The van der Waals surface area contributed by atoms with Gasteiger partial charge in [-0.2, -0.15) is 0 Å². The second-order valence-corrected chi connectivity index (χ2v) is 3.72. The van der Waals surface area contributed by atoms with Crippen molar-refractivity contribution in [1.82, 2.24) is 5.32 Å². The Morgan fingerprint density at radius 2 is 1.89 bits per heavy atom. The van der Waals surface area contributed by atoms with Crippen LogP contribution in [0, 0.1) is 0 Å². The summed E-state index contributed by atoms with van der Waals surface area (Å²) in [7, 11) is 1.64. The van der Waals surface area contributed by atoms with E-state index in [4.69, 9.17) is 15.2 Å². The highest BCUT2D eigenvalue weighted by Crippen LogP contribution is 2.16. The zero-order chi connectivity index (χ0) is 13.2. The number of guanidine groups is 1. The quantitative estimate of drug-likeness (QED) is 0.329. The number of hydrogen-bond acceptors (Lipinski definition) is 3. The third-order valence-electron chi connectivity index (χ3n) is 2.24. The molecule has 1 aromatic carbocycles. The van der Waals surface area contributed by atoms with E-state index in [-0.39, 0.29) is 24.0 Å². The normalized spacial score (nSPS) is 10.5. The maximum atomic E-state index is 5.64. The molecule has 1 rings (SSSR count). The number of halogens is 1. The van der Waals surface area contributed by atoms with Gasteiger partial charge in [0.1, 0.15) is 18.1 Å². The molecule has 6 heteroatoms. The number of hydrogen-bond donors (Lipinski definition) is 2. The predicted molar refractivity (Wildman–Crippen MR) is 88.7 cm³/mol. The van der Waals surface area contributed by atoms with Gasteiger partial charge in [0.25, 0.3) is 0 Å². The Morgan fingerprint density at radius 1 is 1.26 bits per heavy atom. The summed E-state index contributed by atoms with van der Waals surface area (Å²) in [4.78, 5) is 4.12. The van der Waals surface area contributed by atoms with Gasteiger partial charge in [0.05, 0.1) is 13.7 Å². The Kier molecular flexibility index (Phi) is 10.1. The van der Waals surface area contributed by atoms with Crippen molar-refractivity contribution < 1.29 is 9.47 Å². The first kappa shape index (κ1) is 17.8. The van der Waals surface area contributed by atoms with Crippen molar-refractivity contribution in [3.8, 4) is 11.5 Å². The lowest BCUT2D eigenvalue weighted by atomic mass is 10.3. The molecule has 19 heavy (non-hydrogen) atoms. The van der Waals surface area contributed by atoms with E-state index in [9.17, 15) is 0 Å². The summed E-state index contributed by atoms with van der Waals surface area (Å²) in [5, 5.41) is 2.99.